The first-order valence-corrected chi connectivity index (χ1v) is 7.07. The van der Waals surface area contributed by atoms with E-state index in [9.17, 15) is 0 Å². The fraction of sp³-hybridized carbons (Fsp3) is 0.636. The van der Waals surface area contributed by atoms with Crippen LogP contribution in [0.1, 0.15) is 32.0 Å². The van der Waals surface area contributed by atoms with Crippen LogP contribution in [0.4, 0.5) is 5.82 Å². The summed E-state index contributed by atoms with van der Waals surface area (Å²) in [6.07, 6.45) is 1.20. The molecule has 1 aliphatic rings. The lowest BCUT2D eigenvalue weighted by Gasteiger charge is -2.13. The van der Waals surface area contributed by atoms with Crippen LogP contribution in [0.25, 0.3) is 0 Å². The molecule has 0 radical (unpaired) electrons. The number of nitrogens with zero attached hydrogens (tertiary/aromatic N) is 2. The molecule has 1 aromatic rings. The zero-order valence-electron chi connectivity index (χ0n) is 9.53. The molecule has 0 amide bonds. The van der Waals surface area contributed by atoms with E-state index < -0.39 is 0 Å². The summed E-state index contributed by atoms with van der Waals surface area (Å²) in [5.41, 5.74) is 0. The SMILES string of the molecule is CC(C)c1nc(Cl)cc(NC2CCSC2)n1. The second-order valence-electron chi connectivity index (χ2n) is 4.29. The van der Waals surface area contributed by atoms with E-state index in [4.69, 9.17) is 11.6 Å². The number of aromatic nitrogens is 2. The van der Waals surface area contributed by atoms with Crippen molar-refractivity contribution < 1.29 is 0 Å². The summed E-state index contributed by atoms with van der Waals surface area (Å²) in [5, 5.41) is 3.94. The highest BCUT2D eigenvalue weighted by molar-refractivity contribution is 7.99. The fourth-order valence-corrected chi connectivity index (χ4v) is 2.97. The van der Waals surface area contributed by atoms with Crippen LogP contribution in [-0.2, 0) is 0 Å². The molecule has 5 heteroatoms. The van der Waals surface area contributed by atoms with Crippen LogP contribution in [-0.4, -0.2) is 27.5 Å². The maximum atomic E-state index is 5.98. The molecule has 1 saturated heterocycles. The highest BCUT2D eigenvalue weighted by Crippen LogP contribution is 2.22. The third kappa shape index (κ3) is 3.01. The number of hydrogen-bond donors (Lipinski definition) is 1. The summed E-state index contributed by atoms with van der Waals surface area (Å²) < 4.78 is 0. The van der Waals surface area contributed by atoms with E-state index in [1.54, 1.807) is 6.07 Å². The topological polar surface area (TPSA) is 37.8 Å². The average molecular weight is 258 g/mol. The van der Waals surface area contributed by atoms with Gasteiger partial charge >= 0.3 is 0 Å². The van der Waals surface area contributed by atoms with Crippen LogP contribution in [0.2, 0.25) is 5.15 Å². The smallest absolute Gasteiger partial charge is 0.135 e. The largest absolute Gasteiger partial charge is 0.366 e. The van der Waals surface area contributed by atoms with E-state index in [1.165, 1.54) is 12.2 Å². The van der Waals surface area contributed by atoms with Gasteiger partial charge in [0.05, 0.1) is 0 Å². The molecule has 1 aliphatic heterocycles. The summed E-state index contributed by atoms with van der Waals surface area (Å²) >= 11 is 7.96. The molecule has 0 aromatic carbocycles. The normalized spacial score (nSPS) is 20.4. The average Bonchev–Trinajstić information content (AvgIpc) is 2.69. The van der Waals surface area contributed by atoms with Gasteiger partial charge in [0, 0.05) is 23.8 Å². The zero-order valence-corrected chi connectivity index (χ0v) is 11.1. The molecule has 3 nitrogen and oxygen atoms in total. The Morgan fingerprint density at radius 2 is 2.31 bits per heavy atom. The van der Waals surface area contributed by atoms with Crippen LogP contribution in [0.3, 0.4) is 0 Å². The summed E-state index contributed by atoms with van der Waals surface area (Å²) in [6.45, 7) is 4.14. The lowest BCUT2D eigenvalue weighted by molar-refractivity contribution is 0.760. The highest BCUT2D eigenvalue weighted by Gasteiger charge is 2.16. The van der Waals surface area contributed by atoms with Crippen molar-refractivity contribution in [3.63, 3.8) is 0 Å². The molecule has 88 valence electrons. The molecular weight excluding hydrogens is 242 g/mol. The van der Waals surface area contributed by atoms with Crippen LogP contribution in [0.5, 0.6) is 0 Å². The Balaban J connectivity index is 2.13. The predicted molar refractivity (Wildman–Crippen MR) is 70.5 cm³/mol. The lowest BCUT2D eigenvalue weighted by atomic mass is 10.2. The Bertz CT molecular complexity index is 364. The van der Waals surface area contributed by atoms with E-state index in [0.29, 0.717) is 17.1 Å². The van der Waals surface area contributed by atoms with Gasteiger partial charge in [0.2, 0.25) is 0 Å². The van der Waals surface area contributed by atoms with Gasteiger partial charge in [-0.15, -0.1) is 0 Å². The van der Waals surface area contributed by atoms with E-state index in [0.717, 1.165) is 17.4 Å². The van der Waals surface area contributed by atoms with Crippen molar-refractivity contribution >= 4 is 29.2 Å². The number of nitrogens with one attached hydrogen (secondary N) is 1. The molecule has 2 heterocycles. The monoisotopic (exact) mass is 257 g/mol. The molecule has 16 heavy (non-hydrogen) atoms. The fourth-order valence-electron chi connectivity index (χ4n) is 1.62. The van der Waals surface area contributed by atoms with Crippen molar-refractivity contribution in [2.75, 3.05) is 16.8 Å². The van der Waals surface area contributed by atoms with Crippen LogP contribution >= 0.6 is 23.4 Å². The molecule has 1 unspecified atom stereocenters. The van der Waals surface area contributed by atoms with Gasteiger partial charge in [-0.3, -0.25) is 0 Å². The quantitative estimate of drug-likeness (QED) is 0.844. The maximum absolute atomic E-state index is 5.98. The van der Waals surface area contributed by atoms with Gasteiger partial charge in [0.25, 0.3) is 0 Å². The van der Waals surface area contributed by atoms with Crippen molar-refractivity contribution in [1.29, 1.82) is 0 Å². The van der Waals surface area contributed by atoms with Gasteiger partial charge in [0.1, 0.15) is 16.8 Å². The minimum absolute atomic E-state index is 0.303. The van der Waals surface area contributed by atoms with E-state index >= 15 is 0 Å². The van der Waals surface area contributed by atoms with Gasteiger partial charge < -0.3 is 5.32 Å². The molecular formula is C11H16ClN3S. The molecule has 0 saturated carbocycles. The Morgan fingerprint density at radius 3 is 2.94 bits per heavy atom. The van der Waals surface area contributed by atoms with Crippen molar-refractivity contribution in [3.05, 3.63) is 17.0 Å². The summed E-state index contributed by atoms with van der Waals surface area (Å²) in [7, 11) is 0. The van der Waals surface area contributed by atoms with E-state index in [1.807, 2.05) is 11.8 Å². The summed E-state index contributed by atoms with van der Waals surface area (Å²) in [6, 6.07) is 2.33. The Kier molecular flexibility index (Phi) is 3.92. The van der Waals surface area contributed by atoms with Gasteiger partial charge in [-0.25, -0.2) is 9.97 Å². The van der Waals surface area contributed by atoms with Gasteiger partial charge in [-0.05, 0) is 12.2 Å². The molecule has 0 spiro atoms. The molecule has 1 atom stereocenters. The molecule has 1 fully saturated rings. The Labute approximate surface area is 105 Å². The van der Waals surface area contributed by atoms with Crippen LogP contribution in [0.15, 0.2) is 6.07 Å². The summed E-state index contributed by atoms with van der Waals surface area (Å²) in [5.74, 6) is 4.35. The number of anilines is 1. The first-order valence-electron chi connectivity index (χ1n) is 5.54. The van der Waals surface area contributed by atoms with Crippen molar-refractivity contribution in [3.8, 4) is 0 Å². The Hall–Kier alpha value is -0.480. The first-order chi connectivity index (χ1) is 7.65. The van der Waals surface area contributed by atoms with Crippen LogP contribution in [0, 0.1) is 0 Å². The Morgan fingerprint density at radius 1 is 1.50 bits per heavy atom. The van der Waals surface area contributed by atoms with E-state index in [2.05, 4.69) is 29.1 Å². The summed E-state index contributed by atoms with van der Waals surface area (Å²) in [4.78, 5) is 8.70. The maximum Gasteiger partial charge on any atom is 0.135 e. The third-order valence-corrected chi connectivity index (χ3v) is 3.87. The van der Waals surface area contributed by atoms with Gasteiger partial charge in [-0.1, -0.05) is 25.4 Å². The third-order valence-electron chi connectivity index (χ3n) is 2.51. The second kappa shape index (κ2) is 5.23. The van der Waals surface area contributed by atoms with Gasteiger partial charge in [-0.2, -0.15) is 11.8 Å². The molecule has 2 rings (SSSR count). The number of rotatable bonds is 3. The van der Waals surface area contributed by atoms with E-state index in [-0.39, 0.29) is 0 Å². The second-order valence-corrected chi connectivity index (χ2v) is 5.83. The van der Waals surface area contributed by atoms with Crippen LogP contribution < -0.4 is 5.32 Å². The minimum Gasteiger partial charge on any atom is -0.366 e. The number of hydrogen-bond acceptors (Lipinski definition) is 4. The molecule has 0 bridgehead atoms. The predicted octanol–water partition coefficient (Wildman–Crippen LogP) is 3.17. The zero-order chi connectivity index (χ0) is 11.5. The molecule has 0 aliphatic carbocycles. The highest BCUT2D eigenvalue weighted by atomic mass is 35.5. The van der Waals surface area contributed by atoms with Crippen molar-refractivity contribution in [1.82, 2.24) is 9.97 Å². The van der Waals surface area contributed by atoms with Gasteiger partial charge in [0.15, 0.2) is 0 Å². The minimum atomic E-state index is 0.303. The molecule has 1 aromatic heterocycles. The number of halogens is 1. The number of thioether (sulfide) groups is 1. The van der Waals surface area contributed by atoms with Crippen molar-refractivity contribution in [2.45, 2.75) is 32.2 Å². The van der Waals surface area contributed by atoms with Crippen molar-refractivity contribution in [2.24, 2.45) is 0 Å². The standard InChI is InChI=1S/C11H16ClN3S/c1-7(2)11-14-9(12)5-10(15-11)13-8-3-4-16-6-8/h5,7-8H,3-4,6H2,1-2H3,(H,13,14,15). The lowest BCUT2D eigenvalue weighted by Crippen LogP contribution is -2.19. The molecule has 1 N–H and O–H groups in total. The first kappa shape index (κ1) is 12.0.